The van der Waals surface area contributed by atoms with Gasteiger partial charge in [-0.25, -0.2) is 14.0 Å². The Labute approximate surface area is 221 Å². The molecular formula is C28H33FN4O5. The van der Waals surface area contributed by atoms with Crippen LogP contribution in [0, 0.1) is 11.7 Å². The van der Waals surface area contributed by atoms with E-state index in [4.69, 9.17) is 4.74 Å². The molecule has 2 N–H and O–H groups in total. The van der Waals surface area contributed by atoms with Gasteiger partial charge >= 0.3 is 12.1 Å². The van der Waals surface area contributed by atoms with Gasteiger partial charge in [-0.2, -0.15) is 0 Å². The maximum Gasteiger partial charge on any atom is 0.411 e. The van der Waals surface area contributed by atoms with Crippen LogP contribution >= 0.6 is 0 Å². The highest BCUT2D eigenvalue weighted by Gasteiger charge is 2.56. The van der Waals surface area contributed by atoms with Crippen LogP contribution in [-0.4, -0.2) is 65.4 Å². The number of ketones is 1. The van der Waals surface area contributed by atoms with Gasteiger partial charge in [-0.3, -0.25) is 14.5 Å². The highest BCUT2D eigenvalue weighted by molar-refractivity contribution is 6.03. The summed E-state index contributed by atoms with van der Waals surface area (Å²) in [6.45, 7) is 4.01. The quantitative estimate of drug-likeness (QED) is 0.614. The number of fused-ring (bicyclic) bond motifs is 2. The number of rotatable bonds is 5. The number of amides is 4. The number of carbonyl (C=O) groups is 4. The lowest BCUT2D eigenvalue weighted by Crippen LogP contribution is -2.44. The van der Waals surface area contributed by atoms with E-state index in [2.05, 4.69) is 10.6 Å². The van der Waals surface area contributed by atoms with E-state index in [-0.39, 0.29) is 48.4 Å². The molecular weight excluding hydrogens is 491 g/mol. The number of benzene rings is 1. The van der Waals surface area contributed by atoms with Crippen LogP contribution < -0.4 is 10.6 Å². The Morgan fingerprint density at radius 1 is 1.18 bits per heavy atom. The fourth-order valence-electron chi connectivity index (χ4n) is 6.46. The van der Waals surface area contributed by atoms with Crippen molar-refractivity contribution in [2.24, 2.45) is 5.92 Å². The van der Waals surface area contributed by atoms with Crippen molar-refractivity contribution in [1.29, 1.82) is 0 Å². The molecule has 9 nitrogen and oxygen atoms in total. The first kappa shape index (κ1) is 25.9. The van der Waals surface area contributed by atoms with Gasteiger partial charge in [0.25, 0.3) is 0 Å². The molecule has 202 valence electrons. The molecule has 5 rings (SSSR count). The number of carbonyl (C=O) groups excluding carboxylic acids is 4. The maximum absolute atomic E-state index is 13.9. The third-order valence-electron chi connectivity index (χ3n) is 8.34. The van der Waals surface area contributed by atoms with E-state index in [1.807, 2.05) is 18.7 Å². The molecule has 0 bridgehead atoms. The fraction of sp³-hybridized carbons (Fsp3) is 0.500. The molecule has 3 fully saturated rings. The van der Waals surface area contributed by atoms with Crippen LogP contribution in [0.2, 0.25) is 0 Å². The monoisotopic (exact) mass is 524 g/mol. The van der Waals surface area contributed by atoms with Crippen molar-refractivity contribution in [3.05, 3.63) is 58.6 Å². The summed E-state index contributed by atoms with van der Waals surface area (Å²) in [4.78, 5) is 54.5. The predicted molar refractivity (Wildman–Crippen MR) is 136 cm³/mol. The number of nitrogens with zero attached hydrogens (tertiary/aromatic N) is 2. The number of allylic oxidation sites excluding steroid dienone is 3. The average molecular weight is 525 g/mol. The number of urea groups is 1. The van der Waals surface area contributed by atoms with Crippen molar-refractivity contribution in [2.75, 3.05) is 20.1 Å². The second-order valence-corrected chi connectivity index (χ2v) is 10.5. The van der Waals surface area contributed by atoms with Gasteiger partial charge in [0.1, 0.15) is 12.4 Å². The second kappa shape index (κ2) is 9.89. The van der Waals surface area contributed by atoms with Gasteiger partial charge in [-0.1, -0.05) is 19.1 Å². The van der Waals surface area contributed by atoms with E-state index in [1.54, 1.807) is 18.2 Å². The van der Waals surface area contributed by atoms with Crippen molar-refractivity contribution < 1.29 is 28.3 Å². The van der Waals surface area contributed by atoms with E-state index in [0.717, 1.165) is 24.0 Å². The van der Waals surface area contributed by atoms with Crippen molar-refractivity contribution in [2.45, 2.75) is 63.6 Å². The molecule has 1 aromatic rings. The molecule has 1 saturated carbocycles. The number of likely N-dealkylation sites (tertiary alicyclic amines) is 1. The molecule has 10 heteroatoms. The van der Waals surface area contributed by atoms with E-state index in [1.165, 1.54) is 24.1 Å². The molecule has 1 spiro atoms. The molecule has 0 radical (unpaired) electrons. The minimum absolute atomic E-state index is 0.0132. The summed E-state index contributed by atoms with van der Waals surface area (Å²) in [5.41, 5.74) is 1.78. The van der Waals surface area contributed by atoms with Gasteiger partial charge in [0, 0.05) is 19.0 Å². The Hall–Kier alpha value is -3.69. The van der Waals surface area contributed by atoms with Crippen molar-refractivity contribution >= 4 is 23.8 Å². The summed E-state index contributed by atoms with van der Waals surface area (Å²) < 4.78 is 19.7. The third kappa shape index (κ3) is 4.35. The Bertz CT molecular complexity index is 1260. The molecule has 2 aliphatic heterocycles. The van der Waals surface area contributed by atoms with Crippen molar-refractivity contribution in [1.82, 2.24) is 20.4 Å². The first-order valence-electron chi connectivity index (χ1n) is 13.2. The molecule has 2 saturated heterocycles. The lowest BCUT2D eigenvalue weighted by atomic mass is 9.85. The molecule has 4 aliphatic rings. The molecule has 2 aliphatic carbocycles. The topological polar surface area (TPSA) is 108 Å². The largest absolute Gasteiger partial charge is 0.436 e. The maximum atomic E-state index is 13.9. The van der Waals surface area contributed by atoms with Gasteiger partial charge in [0.15, 0.2) is 11.4 Å². The van der Waals surface area contributed by atoms with Crippen LogP contribution in [0.4, 0.5) is 14.0 Å². The molecule has 1 aromatic carbocycles. The van der Waals surface area contributed by atoms with Crippen LogP contribution in [0.5, 0.6) is 0 Å². The Balaban J connectivity index is 1.33. The van der Waals surface area contributed by atoms with Crippen molar-refractivity contribution in [3.63, 3.8) is 0 Å². The summed E-state index contributed by atoms with van der Waals surface area (Å²) in [5, 5.41) is 4.97. The zero-order valence-corrected chi connectivity index (χ0v) is 21.9. The smallest absolute Gasteiger partial charge is 0.411 e. The number of nitrogens with one attached hydrogen (secondary N) is 2. The van der Waals surface area contributed by atoms with Crippen LogP contribution in [0.15, 0.2) is 41.6 Å². The molecule has 38 heavy (non-hydrogen) atoms. The van der Waals surface area contributed by atoms with Gasteiger partial charge < -0.3 is 20.3 Å². The van der Waals surface area contributed by atoms with E-state index in [9.17, 15) is 23.6 Å². The highest BCUT2D eigenvalue weighted by atomic mass is 19.1. The number of Topliss-reactive ketones (excluding diaryl/α,β-unsaturated/α-hetero) is 1. The summed E-state index contributed by atoms with van der Waals surface area (Å²) in [6, 6.07) is 4.06. The van der Waals surface area contributed by atoms with E-state index >= 15 is 0 Å². The SMILES string of the molecule is CCc1cc(F)ccc1C1CCC(C)N1C(=O)CN1C[C@]2(CCC3C(=O)C(NC(=O)NC)=CC=C32)OC1=O. The number of aryl methyl sites for hydroxylation is 1. The minimum Gasteiger partial charge on any atom is -0.436 e. The highest BCUT2D eigenvalue weighted by Crippen LogP contribution is 2.48. The molecule has 4 amide bonds. The summed E-state index contributed by atoms with van der Waals surface area (Å²) in [5.74, 6) is -1.17. The Kier molecular flexibility index (Phi) is 6.75. The van der Waals surface area contributed by atoms with Crippen LogP contribution in [0.1, 0.15) is 56.7 Å². The lowest BCUT2D eigenvalue weighted by molar-refractivity contribution is -0.134. The lowest BCUT2D eigenvalue weighted by Gasteiger charge is -2.31. The zero-order chi connectivity index (χ0) is 27.2. The van der Waals surface area contributed by atoms with Crippen LogP contribution in [-0.2, 0) is 20.7 Å². The number of hydrogen-bond donors (Lipinski definition) is 2. The van der Waals surface area contributed by atoms with E-state index in [0.29, 0.717) is 24.8 Å². The summed E-state index contributed by atoms with van der Waals surface area (Å²) in [7, 11) is 1.47. The van der Waals surface area contributed by atoms with Gasteiger partial charge in [-0.15, -0.1) is 0 Å². The third-order valence-corrected chi connectivity index (χ3v) is 8.34. The van der Waals surface area contributed by atoms with Gasteiger partial charge in [-0.05, 0) is 73.9 Å². The molecule has 0 aromatic heterocycles. The molecule has 3 unspecified atom stereocenters. The first-order valence-corrected chi connectivity index (χ1v) is 13.2. The normalized spacial score (nSPS) is 28.3. The fourth-order valence-corrected chi connectivity index (χ4v) is 6.46. The number of halogens is 1. The van der Waals surface area contributed by atoms with E-state index < -0.39 is 23.6 Å². The Morgan fingerprint density at radius 3 is 2.71 bits per heavy atom. The number of hydrogen-bond acceptors (Lipinski definition) is 5. The molecule has 4 atom stereocenters. The van der Waals surface area contributed by atoms with Gasteiger partial charge in [0.05, 0.1) is 18.3 Å². The van der Waals surface area contributed by atoms with Crippen molar-refractivity contribution in [3.8, 4) is 0 Å². The standard InChI is InChI=1S/C28H33FN4O5/c1-4-17-13-18(29)6-7-19(17)23-10-5-16(2)33(23)24(34)14-32-15-28(38-27(32)37)12-11-20-21(28)8-9-22(25(20)35)31-26(36)30-3/h6-9,13,16,20,23H,4-5,10-12,14-15H2,1-3H3,(H2,30,31,36)/t16?,20?,23?,28-/m0/s1. The van der Waals surface area contributed by atoms with Gasteiger partial charge in [0.2, 0.25) is 5.91 Å². The predicted octanol–water partition coefficient (Wildman–Crippen LogP) is 3.36. The van der Waals surface area contributed by atoms with Crippen LogP contribution in [0.25, 0.3) is 0 Å². The second-order valence-electron chi connectivity index (χ2n) is 10.5. The minimum atomic E-state index is -0.963. The first-order chi connectivity index (χ1) is 18.2. The molecule has 2 heterocycles. The van der Waals surface area contributed by atoms with Crippen LogP contribution in [0.3, 0.4) is 0 Å². The number of ether oxygens (including phenoxy) is 1. The summed E-state index contributed by atoms with van der Waals surface area (Å²) in [6.07, 6.45) is 5.92. The average Bonchev–Trinajstić information content (AvgIpc) is 3.55. The summed E-state index contributed by atoms with van der Waals surface area (Å²) >= 11 is 0. The zero-order valence-electron chi connectivity index (χ0n) is 21.9. The Morgan fingerprint density at radius 2 is 1.97 bits per heavy atom.